The Morgan fingerprint density at radius 1 is 1.50 bits per heavy atom. The Kier molecular flexibility index (Phi) is 4.50. The Morgan fingerprint density at radius 2 is 2.10 bits per heavy atom. The number of carboxylic acids is 1. The monoisotopic (exact) mass is 288 g/mol. The SMILES string of the molecule is N#Cc1cc(OC(F)F)cc([N+](=O)[O-])c1C(O)C(=O)O. The summed E-state index contributed by atoms with van der Waals surface area (Å²) in [4.78, 5) is 20.4. The molecule has 0 radical (unpaired) electrons. The number of nitro groups is 1. The van der Waals surface area contributed by atoms with Crippen molar-refractivity contribution < 1.29 is 33.4 Å². The molecule has 0 saturated heterocycles. The average molecular weight is 288 g/mol. The number of hydrogen-bond donors (Lipinski definition) is 2. The van der Waals surface area contributed by atoms with Crippen molar-refractivity contribution in [2.45, 2.75) is 12.7 Å². The molecule has 0 spiro atoms. The first-order valence-corrected chi connectivity index (χ1v) is 4.86. The zero-order valence-corrected chi connectivity index (χ0v) is 9.49. The highest BCUT2D eigenvalue weighted by Crippen LogP contribution is 2.33. The van der Waals surface area contributed by atoms with Gasteiger partial charge >= 0.3 is 12.6 Å². The molecule has 20 heavy (non-hydrogen) atoms. The van der Waals surface area contributed by atoms with E-state index in [2.05, 4.69) is 4.74 Å². The van der Waals surface area contributed by atoms with Gasteiger partial charge in [0.25, 0.3) is 5.69 Å². The molecule has 0 saturated carbocycles. The first-order chi connectivity index (χ1) is 9.27. The van der Waals surface area contributed by atoms with Crippen molar-refractivity contribution in [1.82, 2.24) is 0 Å². The lowest BCUT2D eigenvalue weighted by molar-refractivity contribution is -0.386. The summed E-state index contributed by atoms with van der Waals surface area (Å²) < 4.78 is 28.0. The predicted octanol–water partition coefficient (Wildman–Crippen LogP) is 1.19. The van der Waals surface area contributed by atoms with Crippen LogP contribution in [0.4, 0.5) is 14.5 Å². The summed E-state index contributed by atoms with van der Waals surface area (Å²) in [5.41, 5.74) is -2.45. The molecule has 1 unspecified atom stereocenters. The number of aliphatic carboxylic acids is 1. The van der Waals surface area contributed by atoms with E-state index in [1.165, 1.54) is 6.07 Å². The summed E-state index contributed by atoms with van der Waals surface area (Å²) in [7, 11) is 0. The van der Waals surface area contributed by atoms with E-state index in [0.717, 1.165) is 0 Å². The topological polar surface area (TPSA) is 134 Å². The van der Waals surface area contributed by atoms with Gasteiger partial charge < -0.3 is 14.9 Å². The molecule has 1 aromatic rings. The van der Waals surface area contributed by atoms with Gasteiger partial charge in [0.1, 0.15) is 5.75 Å². The highest BCUT2D eigenvalue weighted by Gasteiger charge is 2.30. The predicted molar refractivity (Wildman–Crippen MR) is 57.0 cm³/mol. The zero-order chi connectivity index (χ0) is 15.4. The second kappa shape index (κ2) is 5.89. The minimum Gasteiger partial charge on any atom is -0.479 e. The number of nitrogens with zero attached hydrogens (tertiary/aromatic N) is 2. The number of carbonyl (C=O) groups is 1. The molecule has 0 fully saturated rings. The molecule has 1 atom stereocenters. The second-order valence-corrected chi connectivity index (χ2v) is 3.39. The molecule has 0 aliphatic rings. The number of hydrogen-bond acceptors (Lipinski definition) is 6. The van der Waals surface area contributed by atoms with Crippen LogP contribution in [0.5, 0.6) is 5.75 Å². The van der Waals surface area contributed by atoms with E-state index < -0.39 is 46.2 Å². The number of aliphatic hydroxyl groups is 1. The van der Waals surface area contributed by atoms with Crippen molar-refractivity contribution >= 4 is 11.7 Å². The molecule has 0 amide bonds. The van der Waals surface area contributed by atoms with E-state index in [1.54, 1.807) is 0 Å². The molecule has 1 rings (SSSR count). The lowest BCUT2D eigenvalue weighted by Crippen LogP contribution is -2.15. The average Bonchev–Trinajstić information content (AvgIpc) is 2.35. The van der Waals surface area contributed by atoms with E-state index in [-0.39, 0.29) is 0 Å². The summed E-state index contributed by atoms with van der Waals surface area (Å²) in [5, 5.41) is 37.6. The van der Waals surface area contributed by atoms with Crippen molar-refractivity contribution in [2.75, 3.05) is 0 Å². The number of rotatable bonds is 5. The molecule has 106 valence electrons. The fourth-order valence-corrected chi connectivity index (χ4v) is 1.44. The number of nitro benzene ring substituents is 1. The van der Waals surface area contributed by atoms with Crippen molar-refractivity contribution in [3.05, 3.63) is 33.4 Å². The van der Waals surface area contributed by atoms with Gasteiger partial charge in [-0.3, -0.25) is 10.1 Å². The van der Waals surface area contributed by atoms with Gasteiger partial charge in [-0.15, -0.1) is 0 Å². The summed E-state index contributed by atoms with van der Waals surface area (Å²) in [5.74, 6) is -2.52. The van der Waals surface area contributed by atoms with E-state index in [0.29, 0.717) is 12.1 Å². The summed E-state index contributed by atoms with van der Waals surface area (Å²) in [6.45, 7) is -3.28. The fourth-order valence-electron chi connectivity index (χ4n) is 1.44. The number of carboxylic acid groups (broad SMARTS) is 1. The third kappa shape index (κ3) is 3.15. The van der Waals surface area contributed by atoms with Crippen LogP contribution in [0.3, 0.4) is 0 Å². The van der Waals surface area contributed by atoms with Gasteiger partial charge in [0.2, 0.25) is 0 Å². The van der Waals surface area contributed by atoms with Crippen LogP contribution >= 0.6 is 0 Å². The Balaban J connectivity index is 3.53. The Morgan fingerprint density at radius 3 is 2.50 bits per heavy atom. The molecular weight excluding hydrogens is 282 g/mol. The highest BCUT2D eigenvalue weighted by atomic mass is 19.3. The number of halogens is 2. The van der Waals surface area contributed by atoms with Gasteiger partial charge in [-0.1, -0.05) is 0 Å². The lowest BCUT2D eigenvalue weighted by atomic mass is 10.0. The van der Waals surface area contributed by atoms with Crippen molar-refractivity contribution in [1.29, 1.82) is 5.26 Å². The minimum absolute atomic E-state index is 0.508. The Labute approximate surface area is 109 Å². The first-order valence-electron chi connectivity index (χ1n) is 4.86. The number of ether oxygens (including phenoxy) is 1. The van der Waals surface area contributed by atoms with Crippen LogP contribution in [-0.2, 0) is 4.79 Å². The molecule has 8 nitrogen and oxygen atoms in total. The van der Waals surface area contributed by atoms with E-state index >= 15 is 0 Å². The Bertz CT molecular complexity index is 598. The molecule has 2 N–H and O–H groups in total. The molecule has 10 heteroatoms. The molecule has 0 aliphatic carbocycles. The standard InChI is InChI=1S/C10H6F2N2O6/c11-10(12)20-5-1-4(3-13)7(8(15)9(16)17)6(2-5)14(18)19/h1-2,8,10,15H,(H,16,17). The third-order valence-electron chi connectivity index (χ3n) is 2.18. The molecule has 0 aromatic heterocycles. The minimum atomic E-state index is -3.28. The summed E-state index contributed by atoms with van der Waals surface area (Å²) >= 11 is 0. The van der Waals surface area contributed by atoms with Crippen LogP contribution in [-0.4, -0.2) is 27.7 Å². The molecule has 0 aliphatic heterocycles. The van der Waals surface area contributed by atoms with E-state index in [1.807, 2.05) is 0 Å². The number of alkyl halides is 2. The maximum Gasteiger partial charge on any atom is 0.387 e. The van der Waals surface area contributed by atoms with Gasteiger partial charge in [0.15, 0.2) is 6.10 Å². The molecule has 0 heterocycles. The number of nitriles is 1. The normalized spacial score (nSPS) is 11.8. The van der Waals surface area contributed by atoms with Gasteiger partial charge in [-0.25, -0.2) is 4.79 Å². The van der Waals surface area contributed by atoms with Gasteiger partial charge in [-0.2, -0.15) is 14.0 Å². The van der Waals surface area contributed by atoms with Crippen molar-refractivity contribution in [3.8, 4) is 11.8 Å². The fraction of sp³-hybridized carbons (Fsp3) is 0.200. The van der Waals surface area contributed by atoms with E-state index in [9.17, 15) is 28.8 Å². The smallest absolute Gasteiger partial charge is 0.387 e. The van der Waals surface area contributed by atoms with Crippen LogP contribution in [0.15, 0.2) is 12.1 Å². The number of benzene rings is 1. The van der Waals surface area contributed by atoms with Crippen LogP contribution in [0.2, 0.25) is 0 Å². The Hall–Kier alpha value is -2.80. The zero-order valence-electron chi connectivity index (χ0n) is 9.49. The largest absolute Gasteiger partial charge is 0.479 e. The quantitative estimate of drug-likeness (QED) is 0.613. The van der Waals surface area contributed by atoms with Gasteiger partial charge in [0, 0.05) is 0 Å². The van der Waals surface area contributed by atoms with Crippen LogP contribution < -0.4 is 4.74 Å². The molecule has 0 bridgehead atoms. The summed E-state index contributed by atoms with van der Waals surface area (Å²) in [6.07, 6.45) is -2.34. The van der Waals surface area contributed by atoms with E-state index in [4.69, 9.17) is 10.4 Å². The third-order valence-corrected chi connectivity index (χ3v) is 2.18. The first kappa shape index (κ1) is 15.3. The highest BCUT2D eigenvalue weighted by molar-refractivity contribution is 5.78. The van der Waals surface area contributed by atoms with Crippen molar-refractivity contribution in [3.63, 3.8) is 0 Å². The lowest BCUT2D eigenvalue weighted by Gasteiger charge is -2.11. The van der Waals surface area contributed by atoms with Crippen LogP contribution in [0.1, 0.15) is 17.2 Å². The van der Waals surface area contributed by atoms with Gasteiger partial charge in [-0.05, 0) is 6.07 Å². The number of aliphatic hydroxyl groups excluding tert-OH is 1. The maximum absolute atomic E-state index is 12.1. The van der Waals surface area contributed by atoms with Crippen LogP contribution in [0.25, 0.3) is 0 Å². The summed E-state index contributed by atoms with van der Waals surface area (Å²) in [6, 6.07) is 2.58. The molecular formula is C10H6F2N2O6. The van der Waals surface area contributed by atoms with Gasteiger partial charge in [0.05, 0.1) is 28.2 Å². The molecule has 1 aromatic carbocycles. The second-order valence-electron chi connectivity index (χ2n) is 3.39. The maximum atomic E-state index is 12.1. The van der Waals surface area contributed by atoms with Crippen molar-refractivity contribution in [2.24, 2.45) is 0 Å². The van der Waals surface area contributed by atoms with Crippen LogP contribution in [0, 0.1) is 21.4 Å².